The zero-order valence-electron chi connectivity index (χ0n) is 11.5. The number of hydrogen-bond donors (Lipinski definition) is 1. The highest BCUT2D eigenvalue weighted by atomic mass is 16.5. The van der Waals surface area contributed by atoms with Gasteiger partial charge in [-0.3, -0.25) is 4.90 Å². The van der Waals surface area contributed by atoms with Gasteiger partial charge in [-0.1, -0.05) is 0 Å². The molecule has 1 N–H and O–H groups in total. The molecule has 3 nitrogen and oxygen atoms in total. The lowest BCUT2D eigenvalue weighted by molar-refractivity contribution is 0.0527. The third kappa shape index (κ3) is 3.94. The summed E-state index contributed by atoms with van der Waals surface area (Å²) in [5.41, 5.74) is 0. The van der Waals surface area contributed by atoms with Crippen LogP contribution in [0.25, 0.3) is 0 Å². The van der Waals surface area contributed by atoms with E-state index < -0.39 is 0 Å². The minimum atomic E-state index is 0.713. The molecule has 1 aliphatic heterocycles. The molecular weight excluding hydrogens is 212 g/mol. The Morgan fingerprint density at radius 3 is 2.47 bits per heavy atom. The molecule has 1 atom stereocenters. The lowest BCUT2D eigenvalue weighted by Crippen LogP contribution is -2.45. The molecule has 100 valence electrons. The Morgan fingerprint density at radius 2 is 1.94 bits per heavy atom. The van der Waals surface area contributed by atoms with E-state index in [2.05, 4.69) is 17.3 Å². The minimum absolute atomic E-state index is 0.713. The number of ether oxygens (including phenoxy) is 1. The van der Waals surface area contributed by atoms with E-state index in [9.17, 15) is 0 Å². The number of nitrogens with zero attached hydrogens (tertiary/aromatic N) is 1. The summed E-state index contributed by atoms with van der Waals surface area (Å²) >= 11 is 0. The third-order valence-corrected chi connectivity index (χ3v) is 4.42. The van der Waals surface area contributed by atoms with Crippen LogP contribution in [0.15, 0.2) is 0 Å². The van der Waals surface area contributed by atoms with Gasteiger partial charge in [0.1, 0.15) is 0 Å². The Labute approximate surface area is 106 Å². The summed E-state index contributed by atoms with van der Waals surface area (Å²) in [7, 11) is 3.89. The molecular formula is C14H28N2O. The second kappa shape index (κ2) is 6.72. The Morgan fingerprint density at radius 1 is 1.24 bits per heavy atom. The van der Waals surface area contributed by atoms with Crippen molar-refractivity contribution in [1.82, 2.24) is 10.2 Å². The Hall–Kier alpha value is -0.120. The summed E-state index contributed by atoms with van der Waals surface area (Å²) in [5, 5.41) is 3.26. The maximum atomic E-state index is 5.40. The van der Waals surface area contributed by atoms with Crippen molar-refractivity contribution in [3.8, 4) is 0 Å². The fourth-order valence-electron chi connectivity index (χ4n) is 3.11. The van der Waals surface area contributed by atoms with Gasteiger partial charge in [-0.15, -0.1) is 0 Å². The van der Waals surface area contributed by atoms with Crippen molar-refractivity contribution in [2.45, 2.75) is 38.1 Å². The van der Waals surface area contributed by atoms with Crippen LogP contribution in [0.1, 0.15) is 32.1 Å². The molecule has 1 aliphatic carbocycles. The molecule has 0 spiro atoms. The van der Waals surface area contributed by atoms with Crippen LogP contribution in [0.4, 0.5) is 0 Å². The first-order valence-corrected chi connectivity index (χ1v) is 7.22. The first kappa shape index (κ1) is 13.3. The van der Waals surface area contributed by atoms with Crippen LogP contribution in [0.5, 0.6) is 0 Å². The van der Waals surface area contributed by atoms with Crippen molar-refractivity contribution in [3.05, 3.63) is 0 Å². The number of methoxy groups -OCH3 is 1. The lowest BCUT2D eigenvalue weighted by atomic mass is 9.92. The molecule has 1 heterocycles. The molecule has 0 amide bonds. The fraction of sp³-hybridized carbons (Fsp3) is 1.00. The summed E-state index contributed by atoms with van der Waals surface area (Å²) in [6.07, 6.45) is 6.97. The molecule has 2 rings (SSSR count). The van der Waals surface area contributed by atoms with Crippen LogP contribution in [0.3, 0.4) is 0 Å². The van der Waals surface area contributed by atoms with Crippen LogP contribution in [0, 0.1) is 11.8 Å². The molecule has 1 unspecified atom stereocenters. The maximum Gasteiger partial charge on any atom is 0.0620 e. The lowest BCUT2D eigenvalue weighted by Gasteiger charge is -2.37. The number of rotatable bonds is 7. The van der Waals surface area contributed by atoms with Gasteiger partial charge in [0.25, 0.3) is 0 Å². The van der Waals surface area contributed by atoms with Gasteiger partial charge >= 0.3 is 0 Å². The van der Waals surface area contributed by atoms with E-state index >= 15 is 0 Å². The van der Waals surface area contributed by atoms with E-state index in [0.29, 0.717) is 6.04 Å². The standard InChI is InChI=1S/C14H28N2O/c1-15-8-5-12-6-9-16(10-7-12)14(11-17-2)13-3-4-13/h12-15H,3-11H2,1-2H3. The van der Waals surface area contributed by atoms with Gasteiger partial charge in [0.2, 0.25) is 0 Å². The van der Waals surface area contributed by atoms with E-state index in [-0.39, 0.29) is 0 Å². The smallest absolute Gasteiger partial charge is 0.0620 e. The zero-order valence-corrected chi connectivity index (χ0v) is 11.5. The molecule has 2 aliphatic rings. The highest BCUT2D eigenvalue weighted by molar-refractivity contribution is 4.90. The Balaban J connectivity index is 1.72. The largest absolute Gasteiger partial charge is 0.383 e. The van der Waals surface area contributed by atoms with E-state index in [1.165, 1.54) is 51.7 Å². The monoisotopic (exact) mass is 240 g/mol. The summed E-state index contributed by atoms with van der Waals surface area (Å²) in [6.45, 7) is 4.69. The van der Waals surface area contributed by atoms with Crippen molar-refractivity contribution in [1.29, 1.82) is 0 Å². The third-order valence-electron chi connectivity index (χ3n) is 4.42. The van der Waals surface area contributed by atoms with Crippen molar-refractivity contribution < 1.29 is 4.74 Å². The molecule has 0 bridgehead atoms. The average Bonchev–Trinajstić information content (AvgIpc) is 3.18. The van der Waals surface area contributed by atoms with E-state index in [0.717, 1.165) is 18.4 Å². The molecule has 0 aromatic heterocycles. The molecule has 0 radical (unpaired) electrons. The van der Waals surface area contributed by atoms with Crippen molar-refractivity contribution in [3.63, 3.8) is 0 Å². The molecule has 1 saturated heterocycles. The summed E-state index contributed by atoms with van der Waals surface area (Å²) < 4.78 is 5.40. The Bertz CT molecular complexity index is 210. The second-order valence-corrected chi connectivity index (χ2v) is 5.73. The maximum absolute atomic E-state index is 5.40. The first-order chi connectivity index (χ1) is 8.35. The summed E-state index contributed by atoms with van der Waals surface area (Å²) in [4.78, 5) is 2.69. The SMILES string of the molecule is CNCCC1CCN(C(COC)C2CC2)CC1. The van der Waals surface area contributed by atoms with Gasteiger partial charge in [0.15, 0.2) is 0 Å². The van der Waals surface area contributed by atoms with Crippen molar-refractivity contribution in [2.24, 2.45) is 11.8 Å². The van der Waals surface area contributed by atoms with Gasteiger partial charge in [-0.2, -0.15) is 0 Å². The normalized spacial score (nSPS) is 25.1. The number of nitrogens with one attached hydrogen (secondary N) is 1. The van der Waals surface area contributed by atoms with Crippen LogP contribution in [0.2, 0.25) is 0 Å². The number of hydrogen-bond acceptors (Lipinski definition) is 3. The molecule has 0 aromatic carbocycles. The summed E-state index contributed by atoms with van der Waals surface area (Å²) in [6, 6.07) is 0.713. The first-order valence-electron chi connectivity index (χ1n) is 7.22. The van der Waals surface area contributed by atoms with Crippen LogP contribution in [-0.2, 0) is 4.74 Å². The van der Waals surface area contributed by atoms with Gasteiger partial charge < -0.3 is 10.1 Å². The number of likely N-dealkylation sites (tertiary alicyclic amines) is 1. The van der Waals surface area contributed by atoms with Gasteiger partial charge in [-0.25, -0.2) is 0 Å². The fourth-order valence-corrected chi connectivity index (χ4v) is 3.11. The van der Waals surface area contributed by atoms with Gasteiger partial charge in [-0.05, 0) is 70.6 Å². The Kier molecular flexibility index (Phi) is 5.26. The number of piperidine rings is 1. The van der Waals surface area contributed by atoms with Crippen molar-refractivity contribution in [2.75, 3.05) is 40.4 Å². The molecule has 3 heteroatoms. The van der Waals surface area contributed by atoms with E-state index in [1.807, 2.05) is 7.11 Å². The predicted octanol–water partition coefficient (Wildman–Crippen LogP) is 1.73. The quantitative estimate of drug-likeness (QED) is 0.733. The second-order valence-electron chi connectivity index (χ2n) is 5.73. The van der Waals surface area contributed by atoms with Crippen LogP contribution >= 0.6 is 0 Å². The predicted molar refractivity (Wildman–Crippen MR) is 71.2 cm³/mol. The highest BCUT2D eigenvalue weighted by Crippen LogP contribution is 2.37. The van der Waals surface area contributed by atoms with Crippen LogP contribution in [-0.4, -0.2) is 51.3 Å². The minimum Gasteiger partial charge on any atom is -0.383 e. The zero-order chi connectivity index (χ0) is 12.1. The average molecular weight is 240 g/mol. The highest BCUT2D eigenvalue weighted by Gasteiger charge is 2.36. The molecule has 0 aromatic rings. The van der Waals surface area contributed by atoms with Crippen LogP contribution < -0.4 is 5.32 Å². The van der Waals surface area contributed by atoms with Gasteiger partial charge in [0.05, 0.1) is 6.61 Å². The topological polar surface area (TPSA) is 24.5 Å². The summed E-state index contributed by atoms with van der Waals surface area (Å²) in [5.74, 6) is 1.88. The molecule has 2 fully saturated rings. The molecule has 1 saturated carbocycles. The van der Waals surface area contributed by atoms with E-state index in [4.69, 9.17) is 4.74 Å². The van der Waals surface area contributed by atoms with Gasteiger partial charge in [0, 0.05) is 13.2 Å². The van der Waals surface area contributed by atoms with E-state index in [1.54, 1.807) is 0 Å². The van der Waals surface area contributed by atoms with Crippen molar-refractivity contribution >= 4 is 0 Å². The molecule has 17 heavy (non-hydrogen) atoms.